The molecule has 2 rings (SSSR count). The molecule has 0 aliphatic rings. The fraction of sp³-hybridized carbons (Fsp3) is 0.444. The molecule has 0 bridgehead atoms. The lowest BCUT2D eigenvalue weighted by molar-refractivity contribution is -0.141. The number of esters is 1. The van der Waals surface area contributed by atoms with E-state index in [0.29, 0.717) is 17.2 Å². The molecule has 0 aliphatic heterocycles. The summed E-state index contributed by atoms with van der Waals surface area (Å²) in [5.41, 5.74) is 2.63. The van der Waals surface area contributed by atoms with Crippen molar-refractivity contribution in [3.05, 3.63) is 34.6 Å². The maximum atomic E-state index is 12.3. The van der Waals surface area contributed by atoms with Crippen molar-refractivity contribution >= 4 is 23.2 Å². The maximum Gasteiger partial charge on any atom is 0.325 e. The smallest absolute Gasteiger partial charge is 0.325 e. The second-order valence-corrected chi connectivity index (χ2v) is 6.56. The number of hydrogen-bond acceptors (Lipinski definition) is 6. The second-order valence-electron chi connectivity index (χ2n) is 5.56. The third kappa shape index (κ3) is 5.35. The van der Waals surface area contributed by atoms with E-state index in [9.17, 15) is 9.59 Å². The van der Waals surface area contributed by atoms with Gasteiger partial charge < -0.3 is 10.1 Å². The molecule has 0 spiro atoms. The first-order valence-electron chi connectivity index (χ1n) is 8.41. The Bertz CT molecular complexity index is 743. The monoisotopic (exact) mass is 361 g/mol. The SMILES string of the molecule is CCCCc1cc(-c2nc(C)c(C(=O)NCC(=O)OCC)s2)ccn1. The van der Waals surface area contributed by atoms with Crippen molar-refractivity contribution in [1.82, 2.24) is 15.3 Å². The van der Waals surface area contributed by atoms with Gasteiger partial charge in [-0.1, -0.05) is 13.3 Å². The predicted molar refractivity (Wildman–Crippen MR) is 97.7 cm³/mol. The van der Waals surface area contributed by atoms with Gasteiger partial charge in [0.05, 0.1) is 12.3 Å². The van der Waals surface area contributed by atoms with Gasteiger partial charge in [-0.2, -0.15) is 0 Å². The van der Waals surface area contributed by atoms with Gasteiger partial charge >= 0.3 is 5.97 Å². The Balaban J connectivity index is 2.11. The summed E-state index contributed by atoms with van der Waals surface area (Å²) in [6.45, 7) is 5.81. The van der Waals surface area contributed by atoms with Gasteiger partial charge in [0, 0.05) is 17.5 Å². The third-order valence-corrected chi connectivity index (χ3v) is 4.76. The van der Waals surface area contributed by atoms with Gasteiger partial charge in [0.1, 0.15) is 16.4 Å². The van der Waals surface area contributed by atoms with E-state index >= 15 is 0 Å². The van der Waals surface area contributed by atoms with Gasteiger partial charge in [-0.05, 0) is 38.8 Å². The first kappa shape index (κ1) is 19.1. The van der Waals surface area contributed by atoms with Gasteiger partial charge in [0.15, 0.2) is 0 Å². The summed E-state index contributed by atoms with van der Waals surface area (Å²) in [4.78, 5) is 33.0. The number of rotatable bonds is 8. The Morgan fingerprint density at radius 1 is 1.32 bits per heavy atom. The first-order chi connectivity index (χ1) is 12.0. The van der Waals surface area contributed by atoms with Crippen molar-refractivity contribution in [2.45, 2.75) is 40.0 Å². The zero-order valence-electron chi connectivity index (χ0n) is 14.8. The molecule has 0 aromatic carbocycles. The molecule has 2 aromatic heterocycles. The number of hydrogen-bond donors (Lipinski definition) is 1. The molecule has 2 aromatic rings. The van der Waals surface area contributed by atoms with E-state index in [1.165, 1.54) is 11.3 Å². The Morgan fingerprint density at radius 2 is 2.12 bits per heavy atom. The van der Waals surface area contributed by atoms with E-state index in [1.54, 1.807) is 20.0 Å². The summed E-state index contributed by atoms with van der Waals surface area (Å²) in [5.74, 6) is -0.762. The van der Waals surface area contributed by atoms with Crippen LogP contribution in [-0.2, 0) is 16.0 Å². The van der Waals surface area contributed by atoms with Gasteiger partial charge in [-0.3, -0.25) is 14.6 Å². The van der Waals surface area contributed by atoms with E-state index in [0.717, 1.165) is 35.5 Å². The number of unbranched alkanes of at least 4 members (excludes halogenated alkanes) is 1. The number of ether oxygens (including phenoxy) is 1. The molecule has 25 heavy (non-hydrogen) atoms. The molecule has 1 N–H and O–H groups in total. The van der Waals surface area contributed by atoms with Crippen LogP contribution < -0.4 is 5.32 Å². The van der Waals surface area contributed by atoms with Crippen molar-refractivity contribution in [1.29, 1.82) is 0 Å². The van der Waals surface area contributed by atoms with Crippen LogP contribution in [0.5, 0.6) is 0 Å². The van der Waals surface area contributed by atoms with Gasteiger partial charge in [-0.25, -0.2) is 4.98 Å². The number of carbonyl (C=O) groups is 2. The second kappa shape index (κ2) is 9.27. The van der Waals surface area contributed by atoms with Crippen LogP contribution >= 0.6 is 11.3 Å². The molecule has 134 valence electrons. The van der Waals surface area contributed by atoms with E-state index in [1.807, 2.05) is 12.1 Å². The van der Waals surface area contributed by atoms with Crippen LogP contribution in [0, 0.1) is 6.92 Å². The molecule has 2 heterocycles. The summed E-state index contributed by atoms with van der Waals surface area (Å²) in [5, 5.41) is 3.35. The molecule has 1 amide bonds. The lowest BCUT2D eigenvalue weighted by Crippen LogP contribution is -2.30. The van der Waals surface area contributed by atoms with Crippen molar-refractivity contribution in [2.75, 3.05) is 13.2 Å². The lowest BCUT2D eigenvalue weighted by Gasteiger charge is -2.03. The minimum absolute atomic E-state index is 0.143. The Hall–Kier alpha value is -2.28. The van der Waals surface area contributed by atoms with Crippen molar-refractivity contribution in [3.63, 3.8) is 0 Å². The molecular formula is C18H23N3O3S. The van der Waals surface area contributed by atoms with Crippen LogP contribution in [0.4, 0.5) is 0 Å². The number of pyridine rings is 1. The molecule has 0 atom stereocenters. The Kier molecular flexibility index (Phi) is 7.06. The summed E-state index contributed by atoms with van der Waals surface area (Å²) in [7, 11) is 0. The van der Waals surface area contributed by atoms with E-state index in [2.05, 4.69) is 22.2 Å². The standard InChI is InChI=1S/C18H23N3O3S/c1-4-6-7-14-10-13(8-9-19-14)18-21-12(3)16(25-18)17(23)20-11-15(22)24-5-2/h8-10H,4-7,11H2,1-3H3,(H,20,23). The zero-order valence-corrected chi connectivity index (χ0v) is 15.6. The molecule has 0 saturated heterocycles. The highest BCUT2D eigenvalue weighted by molar-refractivity contribution is 7.17. The van der Waals surface area contributed by atoms with E-state index in [4.69, 9.17) is 4.74 Å². The van der Waals surface area contributed by atoms with E-state index < -0.39 is 5.97 Å². The maximum absolute atomic E-state index is 12.3. The van der Waals surface area contributed by atoms with Crippen molar-refractivity contribution in [3.8, 4) is 10.6 Å². The first-order valence-corrected chi connectivity index (χ1v) is 9.23. The molecule has 0 fully saturated rings. The highest BCUT2D eigenvalue weighted by Gasteiger charge is 2.17. The normalized spacial score (nSPS) is 10.5. The minimum atomic E-state index is -0.451. The van der Waals surface area contributed by atoms with Crippen LogP contribution in [0.2, 0.25) is 0 Å². The Labute approximate surface area is 151 Å². The van der Waals surface area contributed by atoms with Gasteiger partial charge in [-0.15, -0.1) is 11.3 Å². The molecule has 0 saturated carbocycles. The highest BCUT2D eigenvalue weighted by Crippen LogP contribution is 2.28. The summed E-state index contributed by atoms with van der Waals surface area (Å²) >= 11 is 1.32. The molecule has 7 heteroatoms. The van der Waals surface area contributed by atoms with Crippen molar-refractivity contribution < 1.29 is 14.3 Å². The third-order valence-electron chi connectivity index (χ3n) is 3.55. The number of carbonyl (C=O) groups excluding carboxylic acids is 2. The minimum Gasteiger partial charge on any atom is -0.465 e. The summed E-state index contributed by atoms with van der Waals surface area (Å²) in [6.07, 6.45) is 4.92. The van der Waals surface area contributed by atoms with Gasteiger partial charge in [0.25, 0.3) is 5.91 Å². The largest absolute Gasteiger partial charge is 0.465 e. The Morgan fingerprint density at radius 3 is 2.84 bits per heavy atom. The van der Waals surface area contributed by atoms with Crippen LogP contribution in [0.3, 0.4) is 0 Å². The summed E-state index contributed by atoms with van der Waals surface area (Å²) in [6, 6.07) is 3.92. The van der Waals surface area contributed by atoms with Crippen molar-refractivity contribution in [2.24, 2.45) is 0 Å². The number of nitrogens with zero attached hydrogens (tertiary/aromatic N) is 2. The average Bonchev–Trinajstić information content (AvgIpc) is 3.00. The number of nitrogens with one attached hydrogen (secondary N) is 1. The van der Waals surface area contributed by atoms with E-state index in [-0.39, 0.29) is 12.5 Å². The number of aryl methyl sites for hydroxylation is 2. The fourth-order valence-corrected chi connectivity index (χ4v) is 3.26. The molecular weight excluding hydrogens is 338 g/mol. The molecule has 6 nitrogen and oxygen atoms in total. The predicted octanol–water partition coefficient (Wildman–Crippen LogP) is 3.15. The van der Waals surface area contributed by atoms with Crippen LogP contribution in [0.25, 0.3) is 10.6 Å². The number of thiazole rings is 1. The van der Waals surface area contributed by atoms with Crippen LogP contribution in [-0.4, -0.2) is 35.0 Å². The van der Waals surface area contributed by atoms with Gasteiger partial charge in [0.2, 0.25) is 0 Å². The quantitative estimate of drug-likeness (QED) is 0.731. The highest BCUT2D eigenvalue weighted by atomic mass is 32.1. The molecule has 0 radical (unpaired) electrons. The van der Waals surface area contributed by atoms with Crippen LogP contribution in [0.1, 0.15) is 47.7 Å². The summed E-state index contributed by atoms with van der Waals surface area (Å²) < 4.78 is 4.81. The number of amides is 1. The fourth-order valence-electron chi connectivity index (χ4n) is 2.28. The topological polar surface area (TPSA) is 81.2 Å². The zero-order chi connectivity index (χ0) is 18.2. The molecule has 0 unspecified atom stereocenters. The van der Waals surface area contributed by atoms with Crippen LogP contribution in [0.15, 0.2) is 18.3 Å². The lowest BCUT2D eigenvalue weighted by atomic mass is 10.1. The molecule has 0 aliphatic carbocycles. The average molecular weight is 361 g/mol. The number of aromatic nitrogens is 2.